The maximum Gasteiger partial charge on any atom is 0.263 e. The number of amides is 1. The van der Waals surface area contributed by atoms with Crippen molar-refractivity contribution in [3.05, 3.63) is 45.9 Å². The zero-order valence-corrected chi connectivity index (χ0v) is 14.6. The van der Waals surface area contributed by atoms with E-state index in [1.807, 2.05) is 0 Å². The summed E-state index contributed by atoms with van der Waals surface area (Å²) in [5.74, 6) is -0.0694. The molecule has 0 atom stereocenters. The van der Waals surface area contributed by atoms with Crippen molar-refractivity contribution >= 4 is 54.8 Å². The van der Waals surface area contributed by atoms with E-state index in [2.05, 4.69) is 26.0 Å². The summed E-state index contributed by atoms with van der Waals surface area (Å²) >= 11 is 9.33. The standard InChI is InChI=1S/C14H10BrClN2O4S/c15-8-2-1-3-9(4-8)18-23(20,21)13-6-12-11(5-10(13)16)17-14(19)7-22-12/h1-6,18H,7H2,(H,17,19). The van der Waals surface area contributed by atoms with E-state index in [0.717, 1.165) is 4.47 Å². The van der Waals surface area contributed by atoms with Crippen LogP contribution in [0.4, 0.5) is 11.4 Å². The lowest BCUT2D eigenvalue weighted by Gasteiger charge is -2.19. The van der Waals surface area contributed by atoms with Gasteiger partial charge in [0, 0.05) is 16.2 Å². The van der Waals surface area contributed by atoms with E-state index in [4.69, 9.17) is 16.3 Å². The fourth-order valence-corrected chi connectivity index (χ4v) is 4.04. The maximum atomic E-state index is 12.5. The van der Waals surface area contributed by atoms with E-state index in [1.165, 1.54) is 12.1 Å². The van der Waals surface area contributed by atoms with Gasteiger partial charge in [-0.2, -0.15) is 0 Å². The molecular weight excluding hydrogens is 408 g/mol. The molecular formula is C14H10BrClN2O4S. The average Bonchev–Trinajstić information content (AvgIpc) is 2.45. The van der Waals surface area contributed by atoms with Gasteiger partial charge in [-0.3, -0.25) is 9.52 Å². The highest BCUT2D eigenvalue weighted by Crippen LogP contribution is 2.36. The summed E-state index contributed by atoms with van der Waals surface area (Å²) in [6.45, 7) is -0.173. The Hall–Kier alpha value is -1.77. The quantitative estimate of drug-likeness (QED) is 0.803. The van der Waals surface area contributed by atoms with Crippen LogP contribution in [0.25, 0.3) is 0 Å². The van der Waals surface area contributed by atoms with Crippen LogP contribution in [0.2, 0.25) is 5.02 Å². The minimum absolute atomic E-state index is 0.0166. The number of carbonyl (C=O) groups excluding carboxylic acids is 1. The van der Waals surface area contributed by atoms with Gasteiger partial charge in [-0.15, -0.1) is 0 Å². The molecule has 6 nitrogen and oxygen atoms in total. The number of fused-ring (bicyclic) bond motifs is 1. The van der Waals surface area contributed by atoms with Crippen molar-refractivity contribution in [2.24, 2.45) is 0 Å². The molecule has 0 saturated heterocycles. The summed E-state index contributed by atoms with van der Waals surface area (Å²) in [5, 5.41) is 2.55. The van der Waals surface area contributed by atoms with Crippen molar-refractivity contribution in [1.29, 1.82) is 0 Å². The van der Waals surface area contributed by atoms with Gasteiger partial charge >= 0.3 is 0 Å². The van der Waals surface area contributed by atoms with Gasteiger partial charge in [0.15, 0.2) is 6.61 Å². The first-order valence-electron chi connectivity index (χ1n) is 6.40. The molecule has 9 heteroatoms. The van der Waals surface area contributed by atoms with Crippen LogP contribution < -0.4 is 14.8 Å². The van der Waals surface area contributed by atoms with E-state index < -0.39 is 10.0 Å². The summed E-state index contributed by atoms with van der Waals surface area (Å²) in [6, 6.07) is 9.36. The third kappa shape index (κ3) is 3.44. The second-order valence-corrected chi connectivity index (χ2v) is 7.71. The van der Waals surface area contributed by atoms with Gasteiger partial charge in [0.1, 0.15) is 10.6 Å². The molecule has 1 aliphatic heterocycles. The molecule has 0 aliphatic carbocycles. The highest BCUT2D eigenvalue weighted by molar-refractivity contribution is 9.10. The molecule has 1 heterocycles. The smallest absolute Gasteiger partial charge is 0.263 e. The van der Waals surface area contributed by atoms with Crippen LogP contribution in [0.15, 0.2) is 45.8 Å². The highest BCUT2D eigenvalue weighted by Gasteiger charge is 2.24. The number of halogens is 2. The molecule has 0 spiro atoms. The zero-order chi connectivity index (χ0) is 16.6. The number of nitrogens with one attached hydrogen (secondary N) is 2. The topological polar surface area (TPSA) is 84.5 Å². The predicted molar refractivity (Wildman–Crippen MR) is 90.5 cm³/mol. The van der Waals surface area contributed by atoms with Crippen LogP contribution in [0.1, 0.15) is 0 Å². The molecule has 0 radical (unpaired) electrons. The van der Waals surface area contributed by atoms with Gasteiger partial charge in [0.25, 0.3) is 15.9 Å². The first kappa shape index (κ1) is 16.1. The van der Waals surface area contributed by atoms with Crippen molar-refractivity contribution in [3.8, 4) is 5.75 Å². The van der Waals surface area contributed by atoms with Gasteiger partial charge in [-0.1, -0.05) is 33.6 Å². The predicted octanol–water partition coefficient (Wildman–Crippen LogP) is 3.23. The van der Waals surface area contributed by atoms with Crippen molar-refractivity contribution in [3.63, 3.8) is 0 Å². The minimum atomic E-state index is -3.90. The average molecular weight is 418 g/mol. The van der Waals surface area contributed by atoms with E-state index in [-0.39, 0.29) is 28.2 Å². The molecule has 2 aromatic carbocycles. The molecule has 23 heavy (non-hydrogen) atoms. The van der Waals surface area contributed by atoms with Crippen LogP contribution in [-0.4, -0.2) is 20.9 Å². The summed E-state index contributed by atoms with van der Waals surface area (Å²) in [6.07, 6.45) is 0. The van der Waals surface area contributed by atoms with Gasteiger partial charge in [-0.05, 0) is 24.3 Å². The van der Waals surface area contributed by atoms with Crippen LogP contribution in [0.3, 0.4) is 0 Å². The zero-order valence-electron chi connectivity index (χ0n) is 11.5. The van der Waals surface area contributed by atoms with E-state index in [1.54, 1.807) is 24.3 Å². The van der Waals surface area contributed by atoms with Crippen LogP contribution >= 0.6 is 27.5 Å². The molecule has 3 rings (SSSR count). The van der Waals surface area contributed by atoms with Gasteiger partial charge in [0.05, 0.1) is 10.7 Å². The number of rotatable bonds is 3. The Labute approximate surface area is 146 Å². The van der Waals surface area contributed by atoms with Crippen LogP contribution in [-0.2, 0) is 14.8 Å². The highest BCUT2D eigenvalue weighted by atomic mass is 79.9. The maximum absolute atomic E-state index is 12.5. The Morgan fingerprint density at radius 3 is 2.78 bits per heavy atom. The van der Waals surface area contributed by atoms with Gasteiger partial charge in [-0.25, -0.2) is 8.42 Å². The number of benzene rings is 2. The summed E-state index contributed by atoms with van der Waals surface area (Å²) in [5.41, 5.74) is 0.732. The Kier molecular flexibility index (Phi) is 4.22. The van der Waals surface area contributed by atoms with E-state index >= 15 is 0 Å². The first-order valence-corrected chi connectivity index (χ1v) is 9.05. The van der Waals surface area contributed by atoms with Gasteiger partial charge in [0.2, 0.25) is 0 Å². The Balaban J connectivity index is 1.98. The Morgan fingerprint density at radius 1 is 1.26 bits per heavy atom. The lowest BCUT2D eigenvalue weighted by Crippen LogP contribution is -2.25. The number of ether oxygens (including phenoxy) is 1. The first-order chi connectivity index (χ1) is 10.8. The number of hydrogen-bond acceptors (Lipinski definition) is 4. The van der Waals surface area contributed by atoms with Crippen molar-refractivity contribution in [2.75, 3.05) is 16.6 Å². The third-order valence-corrected chi connectivity index (χ3v) is 5.37. The number of carbonyl (C=O) groups is 1. The number of anilines is 2. The molecule has 0 unspecified atom stereocenters. The second-order valence-electron chi connectivity index (χ2n) is 4.73. The molecule has 0 bridgehead atoms. The molecule has 0 saturated carbocycles. The monoisotopic (exact) mass is 416 g/mol. The fourth-order valence-electron chi connectivity index (χ4n) is 2.05. The van der Waals surface area contributed by atoms with Crippen LogP contribution in [0.5, 0.6) is 5.75 Å². The summed E-state index contributed by atoms with van der Waals surface area (Å²) < 4.78 is 33.5. The molecule has 0 fully saturated rings. The normalized spacial score (nSPS) is 13.7. The largest absolute Gasteiger partial charge is 0.482 e. The molecule has 1 aliphatic rings. The Morgan fingerprint density at radius 2 is 2.04 bits per heavy atom. The molecule has 0 aromatic heterocycles. The lowest BCUT2D eigenvalue weighted by atomic mass is 10.2. The van der Waals surface area contributed by atoms with Gasteiger partial charge < -0.3 is 10.1 Å². The molecule has 120 valence electrons. The summed E-state index contributed by atoms with van der Waals surface area (Å²) in [7, 11) is -3.90. The number of hydrogen-bond donors (Lipinski definition) is 2. The molecule has 2 aromatic rings. The lowest BCUT2D eigenvalue weighted by molar-refractivity contribution is -0.118. The van der Waals surface area contributed by atoms with Crippen molar-refractivity contribution in [2.45, 2.75) is 4.90 Å². The third-order valence-electron chi connectivity index (χ3n) is 3.03. The van der Waals surface area contributed by atoms with Crippen molar-refractivity contribution in [1.82, 2.24) is 0 Å². The summed E-state index contributed by atoms with van der Waals surface area (Å²) in [4.78, 5) is 11.1. The van der Waals surface area contributed by atoms with Crippen LogP contribution in [0, 0.1) is 0 Å². The fraction of sp³-hybridized carbons (Fsp3) is 0.0714. The Bertz CT molecular complexity index is 902. The SMILES string of the molecule is O=C1COc2cc(S(=O)(=O)Nc3cccc(Br)c3)c(Cl)cc2N1. The van der Waals surface area contributed by atoms with Crippen molar-refractivity contribution < 1.29 is 17.9 Å². The van der Waals surface area contributed by atoms with E-state index in [0.29, 0.717) is 11.4 Å². The number of sulfonamides is 1. The second kappa shape index (κ2) is 6.03. The molecule has 1 amide bonds. The molecule has 2 N–H and O–H groups in total. The minimum Gasteiger partial charge on any atom is -0.482 e. The van der Waals surface area contributed by atoms with E-state index in [9.17, 15) is 13.2 Å².